The quantitative estimate of drug-likeness (QED) is 0.851. The molecule has 16 heavy (non-hydrogen) atoms. The second kappa shape index (κ2) is 4.31. The van der Waals surface area contributed by atoms with E-state index >= 15 is 0 Å². The first-order chi connectivity index (χ1) is 7.62. The molecular formula is C10H13NO4S. The van der Waals surface area contributed by atoms with Gasteiger partial charge in [0.1, 0.15) is 0 Å². The summed E-state index contributed by atoms with van der Waals surface area (Å²) in [5, 5.41) is 0. The highest BCUT2D eigenvalue weighted by atomic mass is 32.2. The number of hydrogen-bond donors (Lipinski definition) is 1. The van der Waals surface area contributed by atoms with Crippen LogP contribution in [0.1, 0.15) is 12.5 Å². The molecule has 0 bridgehead atoms. The molecule has 0 saturated carbocycles. The van der Waals surface area contributed by atoms with Crippen LogP contribution in [0.15, 0.2) is 18.2 Å². The smallest absolute Gasteiger partial charge is 0.231 e. The second-order valence-corrected chi connectivity index (χ2v) is 5.47. The van der Waals surface area contributed by atoms with E-state index in [1.165, 1.54) is 0 Å². The number of ether oxygens (including phenoxy) is 2. The van der Waals surface area contributed by atoms with Crippen LogP contribution in [0.3, 0.4) is 0 Å². The van der Waals surface area contributed by atoms with Crippen LogP contribution in [0.2, 0.25) is 0 Å². The summed E-state index contributed by atoms with van der Waals surface area (Å²) in [5.41, 5.74) is 0.784. The number of sulfonamides is 1. The van der Waals surface area contributed by atoms with E-state index in [0.29, 0.717) is 11.5 Å². The van der Waals surface area contributed by atoms with Gasteiger partial charge in [0.25, 0.3) is 0 Å². The van der Waals surface area contributed by atoms with Gasteiger partial charge in [-0.15, -0.1) is 0 Å². The number of para-hydroxylation sites is 1. The molecule has 88 valence electrons. The zero-order valence-corrected chi connectivity index (χ0v) is 9.71. The summed E-state index contributed by atoms with van der Waals surface area (Å²) in [7, 11) is -3.18. The molecule has 0 fully saturated rings. The number of benzene rings is 1. The minimum Gasteiger partial charge on any atom is -0.454 e. The van der Waals surface area contributed by atoms with Gasteiger partial charge < -0.3 is 9.47 Å². The van der Waals surface area contributed by atoms with Crippen molar-refractivity contribution in [2.75, 3.05) is 12.5 Å². The van der Waals surface area contributed by atoms with Crippen LogP contribution in [-0.4, -0.2) is 21.0 Å². The van der Waals surface area contributed by atoms with E-state index in [1.807, 2.05) is 12.1 Å². The van der Waals surface area contributed by atoms with Gasteiger partial charge >= 0.3 is 0 Å². The first-order valence-electron chi connectivity index (χ1n) is 4.97. The lowest BCUT2D eigenvalue weighted by molar-refractivity contribution is 0.173. The largest absolute Gasteiger partial charge is 0.454 e. The first-order valence-corrected chi connectivity index (χ1v) is 6.62. The lowest BCUT2D eigenvalue weighted by Gasteiger charge is -2.07. The van der Waals surface area contributed by atoms with Crippen LogP contribution >= 0.6 is 0 Å². The molecule has 0 unspecified atom stereocenters. The van der Waals surface area contributed by atoms with E-state index in [4.69, 9.17) is 9.47 Å². The van der Waals surface area contributed by atoms with Crippen molar-refractivity contribution in [3.63, 3.8) is 0 Å². The van der Waals surface area contributed by atoms with E-state index in [9.17, 15) is 8.42 Å². The van der Waals surface area contributed by atoms with E-state index in [2.05, 4.69) is 4.72 Å². The highest BCUT2D eigenvalue weighted by Gasteiger charge is 2.18. The van der Waals surface area contributed by atoms with Gasteiger partial charge in [0, 0.05) is 12.1 Å². The highest BCUT2D eigenvalue weighted by Crippen LogP contribution is 2.35. The summed E-state index contributed by atoms with van der Waals surface area (Å²) in [6.45, 7) is 2.01. The Morgan fingerprint density at radius 1 is 1.38 bits per heavy atom. The molecule has 0 saturated heterocycles. The van der Waals surface area contributed by atoms with Crippen molar-refractivity contribution in [2.45, 2.75) is 13.5 Å². The normalized spacial score (nSPS) is 14.1. The summed E-state index contributed by atoms with van der Waals surface area (Å²) in [4.78, 5) is 0. The Morgan fingerprint density at radius 2 is 2.19 bits per heavy atom. The molecule has 0 spiro atoms. The molecule has 1 aliphatic rings. The molecule has 1 heterocycles. The molecule has 2 rings (SSSR count). The number of nitrogens with one attached hydrogen (secondary N) is 1. The van der Waals surface area contributed by atoms with Gasteiger partial charge in [-0.1, -0.05) is 12.1 Å². The van der Waals surface area contributed by atoms with Crippen molar-refractivity contribution in [3.05, 3.63) is 23.8 Å². The zero-order chi connectivity index (χ0) is 11.6. The van der Waals surface area contributed by atoms with Crippen molar-refractivity contribution < 1.29 is 17.9 Å². The standard InChI is InChI=1S/C10H13NO4S/c1-2-16(12,13)11-6-8-4-3-5-9-10(8)15-7-14-9/h3-5,11H,2,6-7H2,1H3. The predicted molar refractivity (Wildman–Crippen MR) is 58.9 cm³/mol. The van der Waals surface area contributed by atoms with E-state index in [-0.39, 0.29) is 19.1 Å². The molecule has 0 atom stereocenters. The molecular weight excluding hydrogens is 230 g/mol. The molecule has 1 aliphatic heterocycles. The van der Waals surface area contributed by atoms with Gasteiger partial charge in [-0.3, -0.25) is 0 Å². The van der Waals surface area contributed by atoms with Crippen LogP contribution in [0.25, 0.3) is 0 Å². The second-order valence-electron chi connectivity index (χ2n) is 3.38. The summed E-state index contributed by atoms with van der Waals surface area (Å²) in [6.07, 6.45) is 0. The fraction of sp³-hybridized carbons (Fsp3) is 0.400. The zero-order valence-electron chi connectivity index (χ0n) is 8.89. The third kappa shape index (κ3) is 2.28. The topological polar surface area (TPSA) is 64.6 Å². The Bertz CT molecular complexity index is 484. The van der Waals surface area contributed by atoms with Crippen molar-refractivity contribution in [2.24, 2.45) is 0 Å². The molecule has 6 heteroatoms. The molecule has 0 aliphatic carbocycles. The SMILES string of the molecule is CCS(=O)(=O)NCc1cccc2c1OCO2. The minimum atomic E-state index is -3.18. The van der Waals surface area contributed by atoms with Crippen molar-refractivity contribution >= 4 is 10.0 Å². The lowest BCUT2D eigenvalue weighted by atomic mass is 10.2. The average Bonchev–Trinajstić information content (AvgIpc) is 2.75. The van der Waals surface area contributed by atoms with Crippen LogP contribution in [-0.2, 0) is 16.6 Å². The fourth-order valence-electron chi connectivity index (χ4n) is 1.42. The Hall–Kier alpha value is -1.27. The molecule has 1 aromatic carbocycles. The van der Waals surface area contributed by atoms with Gasteiger partial charge in [0.15, 0.2) is 11.5 Å². The average molecular weight is 243 g/mol. The molecule has 1 aromatic rings. The third-order valence-corrected chi connectivity index (χ3v) is 3.68. The monoisotopic (exact) mass is 243 g/mol. The number of hydrogen-bond acceptors (Lipinski definition) is 4. The van der Waals surface area contributed by atoms with Crippen molar-refractivity contribution in [1.29, 1.82) is 0 Å². The van der Waals surface area contributed by atoms with Gasteiger partial charge in [0.2, 0.25) is 16.8 Å². The summed E-state index contributed by atoms with van der Waals surface area (Å²) in [5.74, 6) is 1.36. The lowest BCUT2D eigenvalue weighted by Crippen LogP contribution is -2.24. The van der Waals surface area contributed by atoms with Gasteiger partial charge in [-0.05, 0) is 13.0 Å². The van der Waals surface area contributed by atoms with E-state index < -0.39 is 10.0 Å². The van der Waals surface area contributed by atoms with Gasteiger partial charge in [-0.2, -0.15) is 0 Å². The maximum Gasteiger partial charge on any atom is 0.231 e. The molecule has 1 N–H and O–H groups in total. The van der Waals surface area contributed by atoms with Crippen LogP contribution in [0.5, 0.6) is 11.5 Å². The Labute approximate surface area is 94.4 Å². The Morgan fingerprint density at radius 3 is 2.94 bits per heavy atom. The first kappa shape index (κ1) is 11.2. The van der Waals surface area contributed by atoms with Gasteiger partial charge in [-0.25, -0.2) is 13.1 Å². The summed E-state index contributed by atoms with van der Waals surface area (Å²) in [6, 6.07) is 5.41. The maximum absolute atomic E-state index is 11.3. The fourth-order valence-corrected chi connectivity index (χ4v) is 2.00. The van der Waals surface area contributed by atoms with E-state index in [0.717, 1.165) is 5.56 Å². The molecule has 0 aromatic heterocycles. The van der Waals surface area contributed by atoms with E-state index in [1.54, 1.807) is 13.0 Å². The van der Waals surface area contributed by atoms with Crippen LogP contribution in [0, 0.1) is 0 Å². The molecule has 0 radical (unpaired) electrons. The van der Waals surface area contributed by atoms with Gasteiger partial charge in [0.05, 0.1) is 5.75 Å². The molecule has 5 nitrogen and oxygen atoms in total. The van der Waals surface area contributed by atoms with Crippen LogP contribution in [0.4, 0.5) is 0 Å². The number of fused-ring (bicyclic) bond motifs is 1. The predicted octanol–water partition coefficient (Wildman–Crippen LogP) is 0.855. The maximum atomic E-state index is 11.3. The Balaban J connectivity index is 2.14. The summed E-state index contributed by atoms with van der Waals surface area (Å²) < 4.78 is 35.5. The minimum absolute atomic E-state index is 0.0688. The summed E-state index contributed by atoms with van der Waals surface area (Å²) >= 11 is 0. The van der Waals surface area contributed by atoms with Crippen molar-refractivity contribution in [3.8, 4) is 11.5 Å². The molecule has 0 amide bonds. The number of rotatable bonds is 4. The highest BCUT2D eigenvalue weighted by molar-refractivity contribution is 7.89. The Kier molecular flexibility index (Phi) is 3.02. The van der Waals surface area contributed by atoms with Crippen molar-refractivity contribution in [1.82, 2.24) is 4.72 Å². The van der Waals surface area contributed by atoms with Crippen LogP contribution < -0.4 is 14.2 Å². The third-order valence-electron chi connectivity index (χ3n) is 2.34.